The Morgan fingerprint density at radius 1 is 1.11 bits per heavy atom. The summed E-state index contributed by atoms with van der Waals surface area (Å²) in [5.41, 5.74) is 0.729. The van der Waals surface area contributed by atoms with Gasteiger partial charge >= 0.3 is 0 Å². The molecule has 1 aromatic heterocycles. The lowest BCUT2D eigenvalue weighted by Gasteiger charge is -2.35. The van der Waals surface area contributed by atoms with Gasteiger partial charge in [0.1, 0.15) is 10.9 Å². The predicted octanol–water partition coefficient (Wildman–Crippen LogP) is 3.25. The van der Waals surface area contributed by atoms with Gasteiger partial charge in [-0.25, -0.2) is 0 Å². The second kappa shape index (κ2) is 5.88. The highest BCUT2D eigenvalue weighted by Gasteiger charge is 2.50. The lowest BCUT2D eigenvalue weighted by Crippen LogP contribution is -2.50. The summed E-state index contributed by atoms with van der Waals surface area (Å²) in [7, 11) is 1.53. The molecule has 0 fully saturated rings. The number of likely N-dealkylation sites (N-methyl/N-ethyl adjacent to an activating group) is 1. The molecule has 0 spiro atoms. The fraction of sp³-hybridized carbons (Fsp3) is 0.211. The van der Waals surface area contributed by atoms with Gasteiger partial charge in [-0.05, 0) is 18.6 Å². The summed E-state index contributed by atoms with van der Waals surface area (Å²) in [6.07, 6.45) is 0. The smallest absolute Gasteiger partial charge is 0.293 e. The molecular formula is C19H16N4O5. The lowest BCUT2D eigenvalue weighted by atomic mass is 9.75. The molecule has 2 aromatic carbocycles. The SMILES string of the molecule is CN1C(=O)[C@](C)(C[N+](=O)[O-])c2c(-c3ccccc3)[nH]c3c([N+](=O)[O-])ccc1c23. The molecule has 1 amide bonds. The van der Waals surface area contributed by atoms with Crippen LogP contribution < -0.4 is 4.90 Å². The number of carbonyl (C=O) groups is 1. The van der Waals surface area contributed by atoms with Gasteiger partial charge in [0.25, 0.3) is 5.69 Å². The van der Waals surface area contributed by atoms with Crippen molar-refractivity contribution in [1.82, 2.24) is 4.98 Å². The van der Waals surface area contributed by atoms with Crippen molar-refractivity contribution in [2.24, 2.45) is 0 Å². The summed E-state index contributed by atoms with van der Waals surface area (Å²) in [4.78, 5) is 39.5. The van der Waals surface area contributed by atoms with Crippen LogP contribution in [0.1, 0.15) is 12.5 Å². The van der Waals surface area contributed by atoms with Crippen molar-refractivity contribution in [2.45, 2.75) is 12.3 Å². The van der Waals surface area contributed by atoms with Gasteiger partial charge in [-0.2, -0.15) is 0 Å². The molecule has 1 aliphatic rings. The van der Waals surface area contributed by atoms with Crippen LogP contribution in [-0.2, 0) is 10.2 Å². The van der Waals surface area contributed by atoms with Crippen molar-refractivity contribution < 1.29 is 14.6 Å². The van der Waals surface area contributed by atoms with E-state index in [0.717, 1.165) is 0 Å². The number of benzene rings is 2. The number of anilines is 1. The van der Waals surface area contributed by atoms with Crippen molar-refractivity contribution in [3.05, 3.63) is 68.3 Å². The Kier molecular flexibility index (Phi) is 3.71. The average Bonchev–Trinajstić information content (AvgIpc) is 3.06. The van der Waals surface area contributed by atoms with E-state index in [-0.39, 0.29) is 11.2 Å². The number of rotatable bonds is 4. The van der Waals surface area contributed by atoms with E-state index in [1.165, 1.54) is 31.0 Å². The maximum atomic E-state index is 13.2. The maximum Gasteiger partial charge on any atom is 0.293 e. The van der Waals surface area contributed by atoms with Crippen LogP contribution in [0.25, 0.3) is 22.2 Å². The van der Waals surface area contributed by atoms with Gasteiger partial charge in [0.15, 0.2) is 0 Å². The molecule has 0 radical (unpaired) electrons. The largest absolute Gasteiger partial charge is 0.349 e. The van der Waals surface area contributed by atoms with Gasteiger partial charge in [0.2, 0.25) is 12.5 Å². The van der Waals surface area contributed by atoms with Crippen LogP contribution in [0.2, 0.25) is 0 Å². The molecule has 9 heteroatoms. The van der Waals surface area contributed by atoms with Gasteiger partial charge < -0.3 is 9.88 Å². The number of nitro groups is 2. The summed E-state index contributed by atoms with van der Waals surface area (Å²) >= 11 is 0. The minimum Gasteiger partial charge on any atom is -0.349 e. The zero-order valence-corrected chi connectivity index (χ0v) is 15.1. The number of aromatic nitrogens is 1. The molecule has 0 saturated carbocycles. The summed E-state index contributed by atoms with van der Waals surface area (Å²) in [5, 5.41) is 23.5. The minimum atomic E-state index is -1.47. The normalized spacial score (nSPS) is 18.5. The summed E-state index contributed by atoms with van der Waals surface area (Å²) in [6.45, 7) is 0.899. The summed E-state index contributed by atoms with van der Waals surface area (Å²) in [5.74, 6) is -0.427. The molecular weight excluding hydrogens is 364 g/mol. The van der Waals surface area contributed by atoms with Crippen LogP contribution in [0.3, 0.4) is 0 Å². The zero-order chi connectivity index (χ0) is 20.2. The Bertz CT molecular complexity index is 1150. The number of nitrogens with one attached hydrogen (secondary N) is 1. The van der Waals surface area contributed by atoms with Gasteiger partial charge in [-0.1, -0.05) is 30.3 Å². The van der Waals surface area contributed by atoms with Crippen LogP contribution in [-0.4, -0.2) is 34.3 Å². The van der Waals surface area contributed by atoms with Crippen LogP contribution in [0.15, 0.2) is 42.5 Å². The van der Waals surface area contributed by atoms with Crippen molar-refractivity contribution >= 4 is 28.2 Å². The number of nitrogens with zero attached hydrogens (tertiary/aromatic N) is 3. The number of aromatic amines is 1. The molecule has 0 aliphatic carbocycles. The summed E-state index contributed by atoms with van der Waals surface area (Å²) in [6, 6.07) is 11.8. The first-order valence-electron chi connectivity index (χ1n) is 8.54. The second-order valence-electron chi connectivity index (χ2n) is 7.04. The van der Waals surface area contributed by atoms with E-state index in [9.17, 15) is 25.0 Å². The van der Waals surface area contributed by atoms with Crippen LogP contribution in [0, 0.1) is 20.2 Å². The Balaban J connectivity index is 2.19. The number of hydrogen-bond donors (Lipinski definition) is 1. The molecule has 3 aromatic rings. The topological polar surface area (TPSA) is 122 Å². The molecule has 0 saturated heterocycles. The van der Waals surface area contributed by atoms with Crippen LogP contribution in [0.5, 0.6) is 0 Å². The maximum absolute atomic E-state index is 13.2. The quantitative estimate of drug-likeness (QED) is 0.550. The van der Waals surface area contributed by atoms with E-state index >= 15 is 0 Å². The lowest BCUT2D eigenvalue weighted by molar-refractivity contribution is -0.487. The van der Waals surface area contributed by atoms with Gasteiger partial charge in [0, 0.05) is 29.0 Å². The third-order valence-electron chi connectivity index (χ3n) is 5.31. The minimum absolute atomic E-state index is 0.145. The first kappa shape index (κ1) is 17.7. The third kappa shape index (κ3) is 2.29. The van der Waals surface area contributed by atoms with Crippen LogP contribution >= 0.6 is 0 Å². The molecule has 0 bridgehead atoms. The third-order valence-corrected chi connectivity index (χ3v) is 5.31. The van der Waals surface area contributed by atoms with Gasteiger partial charge in [-0.3, -0.25) is 25.0 Å². The fourth-order valence-corrected chi connectivity index (χ4v) is 4.07. The van der Waals surface area contributed by atoms with Crippen LogP contribution in [0.4, 0.5) is 11.4 Å². The molecule has 1 aliphatic heterocycles. The molecule has 28 heavy (non-hydrogen) atoms. The first-order chi connectivity index (χ1) is 13.3. The summed E-state index contributed by atoms with van der Waals surface area (Å²) < 4.78 is 0. The molecule has 142 valence electrons. The zero-order valence-electron chi connectivity index (χ0n) is 15.1. The van der Waals surface area contributed by atoms with E-state index < -0.39 is 27.7 Å². The number of carbonyl (C=O) groups excluding carboxylic acids is 1. The number of H-pyrrole nitrogens is 1. The van der Waals surface area contributed by atoms with E-state index in [0.29, 0.717) is 27.9 Å². The number of amides is 1. The highest BCUT2D eigenvalue weighted by atomic mass is 16.6. The van der Waals surface area contributed by atoms with Crippen molar-refractivity contribution in [3.63, 3.8) is 0 Å². The average molecular weight is 380 g/mol. The Labute approximate surface area is 158 Å². The second-order valence-corrected chi connectivity index (χ2v) is 7.04. The molecule has 2 heterocycles. The van der Waals surface area contributed by atoms with Crippen molar-refractivity contribution in [1.29, 1.82) is 0 Å². The monoisotopic (exact) mass is 380 g/mol. The van der Waals surface area contributed by atoms with Crippen molar-refractivity contribution in [3.8, 4) is 11.3 Å². The van der Waals surface area contributed by atoms with E-state index in [1.807, 2.05) is 6.07 Å². The van der Waals surface area contributed by atoms with E-state index in [4.69, 9.17) is 0 Å². The van der Waals surface area contributed by atoms with Gasteiger partial charge in [0.05, 0.1) is 16.3 Å². The van der Waals surface area contributed by atoms with Gasteiger partial charge in [-0.15, -0.1) is 0 Å². The highest BCUT2D eigenvalue weighted by Crippen LogP contribution is 2.49. The molecule has 9 nitrogen and oxygen atoms in total. The number of non-ortho nitro benzene ring substituents is 1. The first-order valence-corrected chi connectivity index (χ1v) is 8.54. The molecule has 4 rings (SSSR count). The number of nitro benzene ring substituents is 1. The Morgan fingerprint density at radius 3 is 2.39 bits per heavy atom. The Morgan fingerprint density at radius 2 is 1.79 bits per heavy atom. The molecule has 1 N–H and O–H groups in total. The predicted molar refractivity (Wildman–Crippen MR) is 103 cm³/mol. The van der Waals surface area contributed by atoms with E-state index in [1.54, 1.807) is 24.3 Å². The standard InChI is InChI=1S/C19H16N4O5/c1-19(10-22(25)26)15-14-12(21(2)18(19)24)8-9-13(23(27)28)17(14)20-16(15)11-6-4-3-5-7-11/h3-9,20H,10H2,1-2H3/t19-/m1/s1. The molecule has 1 atom stereocenters. The van der Waals surface area contributed by atoms with E-state index in [2.05, 4.69) is 4.98 Å². The van der Waals surface area contributed by atoms with Crippen molar-refractivity contribution in [2.75, 3.05) is 18.5 Å². The highest BCUT2D eigenvalue weighted by molar-refractivity contribution is 6.18. The molecule has 0 unspecified atom stereocenters. The fourth-order valence-electron chi connectivity index (χ4n) is 4.07. The Hall–Kier alpha value is -3.75. The number of hydrogen-bond acceptors (Lipinski definition) is 5.